The minimum Gasteiger partial charge on any atom is -0.322 e. The number of anilines is 1. The number of hydrogen-bond acceptors (Lipinski definition) is 3. The van der Waals surface area contributed by atoms with Crippen LogP contribution in [0.4, 0.5) is 18.9 Å². The van der Waals surface area contributed by atoms with Gasteiger partial charge >= 0.3 is 11.9 Å². The molecule has 0 fully saturated rings. The van der Waals surface area contributed by atoms with Crippen molar-refractivity contribution in [2.75, 3.05) is 5.32 Å². The summed E-state index contributed by atoms with van der Waals surface area (Å²) in [5.41, 5.74) is 0.507. The zero-order valence-electron chi connectivity index (χ0n) is 14.2. The second-order valence-corrected chi connectivity index (χ2v) is 5.89. The van der Waals surface area contributed by atoms with Crippen LogP contribution >= 0.6 is 0 Å². The van der Waals surface area contributed by atoms with E-state index in [1.807, 2.05) is 0 Å². The zero-order chi connectivity index (χ0) is 19.2. The van der Waals surface area contributed by atoms with E-state index in [4.69, 9.17) is 0 Å². The fourth-order valence-electron chi connectivity index (χ4n) is 2.74. The van der Waals surface area contributed by atoms with E-state index in [0.29, 0.717) is 16.7 Å². The van der Waals surface area contributed by atoms with E-state index in [2.05, 4.69) is 10.3 Å². The number of aromatic nitrogens is 3. The van der Waals surface area contributed by atoms with Crippen molar-refractivity contribution in [2.45, 2.75) is 13.1 Å². The van der Waals surface area contributed by atoms with E-state index in [-0.39, 0.29) is 16.9 Å². The Hall–Kier alpha value is -3.10. The molecule has 1 amide bonds. The summed E-state index contributed by atoms with van der Waals surface area (Å²) in [6, 6.07) is 6.79. The van der Waals surface area contributed by atoms with E-state index in [1.54, 1.807) is 32.3 Å². The lowest BCUT2D eigenvalue weighted by Crippen LogP contribution is -2.19. The average Bonchev–Trinajstić information content (AvgIpc) is 2.78. The van der Waals surface area contributed by atoms with Crippen LogP contribution in [-0.2, 0) is 20.3 Å². The Morgan fingerprint density at radius 2 is 1.73 bits per heavy atom. The highest BCUT2D eigenvalue weighted by Crippen LogP contribution is 2.28. The van der Waals surface area contributed by atoms with E-state index >= 15 is 0 Å². The first kappa shape index (κ1) is 17.7. The minimum absolute atomic E-state index is 0.0227. The molecular weight excluding hydrogens is 349 g/mol. The molecule has 3 rings (SSSR count). The Morgan fingerprint density at radius 3 is 2.35 bits per heavy atom. The maximum Gasteiger partial charge on any atom is 0.433 e. The molecule has 0 aliphatic heterocycles. The van der Waals surface area contributed by atoms with Gasteiger partial charge in [0.25, 0.3) is 5.91 Å². The summed E-state index contributed by atoms with van der Waals surface area (Å²) in [6.45, 7) is 1.34. The lowest BCUT2D eigenvalue weighted by atomic mass is 10.1. The SMILES string of the molecule is Cc1nc(C(F)(F)F)ccc1C(=O)Nc1ccc2c(c1)n(C)c(=O)n2C. The van der Waals surface area contributed by atoms with Gasteiger partial charge in [-0.1, -0.05) is 0 Å². The number of amides is 1. The molecule has 0 aliphatic carbocycles. The van der Waals surface area contributed by atoms with Gasteiger partial charge in [-0.25, -0.2) is 9.78 Å². The molecule has 0 atom stereocenters. The summed E-state index contributed by atoms with van der Waals surface area (Å²) in [5, 5.41) is 2.62. The summed E-state index contributed by atoms with van der Waals surface area (Å²) < 4.78 is 40.9. The summed E-state index contributed by atoms with van der Waals surface area (Å²) in [7, 11) is 3.25. The van der Waals surface area contributed by atoms with Crippen LogP contribution in [0.2, 0.25) is 0 Å². The fourth-order valence-corrected chi connectivity index (χ4v) is 2.74. The topological polar surface area (TPSA) is 68.9 Å². The van der Waals surface area contributed by atoms with E-state index in [0.717, 1.165) is 12.1 Å². The molecule has 1 aromatic carbocycles. The average molecular weight is 364 g/mol. The standard InChI is InChI=1S/C17H15F3N4O2/c1-9-11(5-7-14(21-9)17(18,19)20)15(25)22-10-4-6-12-13(8-10)24(3)16(26)23(12)2/h4-8H,1-3H3,(H,22,25). The van der Waals surface area contributed by atoms with Gasteiger partial charge in [-0.05, 0) is 37.3 Å². The molecule has 0 aliphatic rings. The molecule has 2 aromatic heterocycles. The van der Waals surface area contributed by atoms with Gasteiger partial charge in [0, 0.05) is 19.8 Å². The molecule has 0 spiro atoms. The van der Waals surface area contributed by atoms with Gasteiger partial charge in [-0.2, -0.15) is 13.2 Å². The minimum atomic E-state index is -4.57. The van der Waals surface area contributed by atoms with Crippen LogP contribution < -0.4 is 11.0 Å². The first-order chi connectivity index (χ1) is 12.1. The first-order valence-electron chi connectivity index (χ1n) is 7.61. The molecule has 3 aromatic rings. The maximum atomic E-state index is 12.7. The van der Waals surface area contributed by atoms with Gasteiger partial charge in [0.05, 0.1) is 22.3 Å². The molecule has 136 valence electrons. The third-order valence-electron chi connectivity index (χ3n) is 4.15. The number of carbonyl (C=O) groups excluding carboxylic acids is 1. The van der Waals surface area contributed by atoms with Gasteiger partial charge < -0.3 is 5.32 Å². The predicted octanol–water partition coefficient (Wildman–Crippen LogP) is 2.85. The van der Waals surface area contributed by atoms with Crippen molar-refractivity contribution in [3.63, 3.8) is 0 Å². The molecule has 0 radical (unpaired) electrons. The van der Waals surface area contributed by atoms with Crippen molar-refractivity contribution in [1.82, 2.24) is 14.1 Å². The highest BCUT2D eigenvalue weighted by atomic mass is 19.4. The summed E-state index contributed by atoms with van der Waals surface area (Å²) in [5.74, 6) is -0.580. The fraction of sp³-hybridized carbons (Fsp3) is 0.235. The van der Waals surface area contributed by atoms with E-state index < -0.39 is 17.8 Å². The number of alkyl halides is 3. The number of benzene rings is 1. The molecule has 0 saturated heterocycles. The smallest absolute Gasteiger partial charge is 0.322 e. The Bertz CT molecular complexity index is 1080. The number of fused-ring (bicyclic) bond motifs is 1. The molecule has 9 heteroatoms. The number of imidazole rings is 1. The second kappa shape index (κ2) is 6.01. The van der Waals surface area contributed by atoms with Crippen molar-refractivity contribution in [3.05, 3.63) is 57.8 Å². The van der Waals surface area contributed by atoms with Crippen molar-refractivity contribution >= 4 is 22.6 Å². The predicted molar refractivity (Wildman–Crippen MR) is 90.1 cm³/mol. The third-order valence-corrected chi connectivity index (χ3v) is 4.15. The van der Waals surface area contributed by atoms with E-state index in [9.17, 15) is 22.8 Å². The van der Waals surface area contributed by atoms with Crippen LogP contribution in [0.15, 0.2) is 35.1 Å². The maximum absolute atomic E-state index is 12.7. The van der Waals surface area contributed by atoms with Crippen LogP contribution in [0.1, 0.15) is 21.7 Å². The van der Waals surface area contributed by atoms with Crippen molar-refractivity contribution in [2.24, 2.45) is 14.1 Å². The first-order valence-corrected chi connectivity index (χ1v) is 7.61. The monoisotopic (exact) mass is 364 g/mol. The second-order valence-electron chi connectivity index (χ2n) is 5.89. The summed E-state index contributed by atoms with van der Waals surface area (Å²) in [4.78, 5) is 27.8. The Labute approximate surface area is 145 Å². The highest BCUT2D eigenvalue weighted by Gasteiger charge is 2.33. The number of rotatable bonds is 2. The molecule has 6 nitrogen and oxygen atoms in total. The molecule has 2 heterocycles. The lowest BCUT2D eigenvalue weighted by Gasteiger charge is -2.11. The number of hydrogen-bond donors (Lipinski definition) is 1. The molecule has 1 N–H and O–H groups in total. The van der Waals surface area contributed by atoms with Crippen molar-refractivity contribution < 1.29 is 18.0 Å². The van der Waals surface area contributed by atoms with Crippen molar-refractivity contribution in [3.8, 4) is 0 Å². The van der Waals surface area contributed by atoms with Gasteiger partial charge in [-0.3, -0.25) is 13.9 Å². The number of aryl methyl sites for hydroxylation is 3. The van der Waals surface area contributed by atoms with Gasteiger partial charge in [-0.15, -0.1) is 0 Å². The lowest BCUT2D eigenvalue weighted by molar-refractivity contribution is -0.141. The zero-order valence-corrected chi connectivity index (χ0v) is 14.2. The van der Waals surface area contributed by atoms with Crippen LogP contribution in [0.3, 0.4) is 0 Å². The van der Waals surface area contributed by atoms with Crippen LogP contribution in [-0.4, -0.2) is 20.0 Å². The van der Waals surface area contributed by atoms with Crippen LogP contribution in [0.5, 0.6) is 0 Å². The summed E-state index contributed by atoms with van der Waals surface area (Å²) >= 11 is 0. The molecular formula is C17H15F3N4O2. The van der Waals surface area contributed by atoms with Gasteiger partial charge in [0.2, 0.25) is 0 Å². The van der Waals surface area contributed by atoms with Crippen LogP contribution in [0, 0.1) is 6.92 Å². The largest absolute Gasteiger partial charge is 0.433 e. The molecule has 0 saturated carbocycles. The molecule has 0 bridgehead atoms. The third kappa shape index (κ3) is 2.96. The summed E-state index contributed by atoms with van der Waals surface area (Å²) in [6.07, 6.45) is -4.57. The Morgan fingerprint density at radius 1 is 1.08 bits per heavy atom. The van der Waals surface area contributed by atoms with E-state index in [1.165, 1.54) is 16.1 Å². The number of halogens is 3. The normalized spacial score (nSPS) is 11.8. The van der Waals surface area contributed by atoms with Crippen LogP contribution in [0.25, 0.3) is 11.0 Å². The molecule has 26 heavy (non-hydrogen) atoms. The highest BCUT2D eigenvalue weighted by molar-refractivity contribution is 6.05. The Balaban J connectivity index is 1.92. The number of nitrogens with zero attached hydrogens (tertiary/aromatic N) is 3. The van der Waals surface area contributed by atoms with Crippen molar-refractivity contribution in [1.29, 1.82) is 0 Å². The number of pyridine rings is 1. The number of carbonyl (C=O) groups is 1. The quantitative estimate of drug-likeness (QED) is 0.760. The Kier molecular flexibility index (Phi) is 4.09. The molecule has 0 unspecified atom stereocenters. The van der Waals surface area contributed by atoms with Gasteiger partial charge in [0.1, 0.15) is 5.69 Å². The van der Waals surface area contributed by atoms with Gasteiger partial charge in [0.15, 0.2) is 0 Å². The number of nitrogens with one attached hydrogen (secondary N) is 1.